The molecule has 2 aromatic carbocycles. The van der Waals surface area contributed by atoms with E-state index in [2.05, 4.69) is 9.97 Å². The molecule has 0 aliphatic rings. The molecule has 1 amide bonds. The number of carbonyl (C=O) groups is 1. The molecule has 29 heavy (non-hydrogen) atoms. The van der Waals surface area contributed by atoms with Crippen LogP contribution in [0.1, 0.15) is 27.8 Å². The Morgan fingerprint density at radius 3 is 2.55 bits per heavy atom. The summed E-state index contributed by atoms with van der Waals surface area (Å²) in [6.07, 6.45) is 1.74. The topological polar surface area (TPSA) is 46.1 Å². The van der Waals surface area contributed by atoms with Gasteiger partial charge in [0.1, 0.15) is 10.7 Å². The van der Waals surface area contributed by atoms with E-state index < -0.39 is 0 Å². The monoisotopic (exact) mass is 419 g/mol. The molecule has 0 aliphatic heterocycles. The summed E-state index contributed by atoms with van der Waals surface area (Å²) in [5.41, 5.74) is 3.10. The summed E-state index contributed by atoms with van der Waals surface area (Å²) < 4.78 is 0. The molecule has 0 N–H and O–H groups in total. The first-order chi connectivity index (χ1) is 14.1. The largest absolute Gasteiger partial charge is 0.328 e. The molecule has 0 spiro atoms. The second kappa shape index (κ2) is 8.55. The number of benzene rings is 2. The van der Waals surface area contributed by atoms with Gasteiger partial charge >= 0.3 is 0 Å². The number of thiazole rings is 1. The average Bonchev–Trinajstić information content (AvgIpc) is 3.25. The normalized spacial score (nSPS) is 11.8. The van der Waals surface area contributed by atoms with Crippen molar-refractivity contribution in [1.29, 1.82) is 0 Å². The van der Waals surface area contributed by atoms with E-state index in [0.29, 0.717) is 10.7 Å². The minimum atomic E-state index is -0.304. The molecule has 0 aliphatic carbocycles. The lowest BCUT2D eigenvalue weighted by Gasteiger charge is -2.27. The van der Waals surface area contributed by atoms with Crippen molar-refractivity contribution in [2.75, 3.05) is 7.05 Å². The van der Waals surface area contributed by atoms with Crippen molar-refractivity contribution in [2.45, 2.75) is 6.04 Å². The fraction of sp³-hybridized carbons (Fsp3) is 0.0870. The average molecular weight is 420 g/mol. The molecule has 0 fully saturated rings. The zero-order valence-corrected chi connectivity index (χ0v) is 17.3. The number of aromatic nitrogens is 2. The Bertz CT molecular complexity index is 1080. The summed E-state index contributed by atoms with van der Waals surface area (Å²) in [4.78, 5) is 24.0. The number of amides is 1. The van der Waals surface area contributed by atoms with Crippen molar-refractivity contribution in [3.8, 4) is 10.6 Å². The summed E-state index contributed by atoms with van der Waals surface area (Å²) in [6, 6.07) is 22.8. The van der Waals surface area contributed by atoms with Crippen LogP contribution in [-0.2, 0) is 0 Å². The molecule has 4 rings (SSSR count). The van der Waals surface area contributed by atoms with Crippen LogP contribution >= 0.6 is 22.9 Å². The number of pyridine rings is 1. The van der Waals surface area contributed by atoms with Gasteiger partial charge in [-0.2, -0.15) is 0 Å². The predicted molar refractivity (Wildman–Crippen MR) is 117 cm³/mol. The first-order valence-electron chi connectivity index (χ1n) is 9.08. The van der Waals surface area contributed by atoms with Crippen LogP contribution in [0, 0.1) is 0 Å². The van der Waals surface area contributed by atoms with Crippen molar-refractivity contribution in [2.24, 2.45) is 0 Å². The molecule has 4 aromatic rings. The van der Waals surface area contributed by atoms with Gasteiger partial charge in [-0.15, -0.1) is 11.3 Å². The maximum atomic E-state index is 13.3. The van der Waals surface area contributed by atoms with Gasteiger partial charge in [0, 0.05) is 29.2 Å². The van der Waals surface area contributed by atoms with E-state index in [0.717, 1.165) is 21.8 Å². The number of hydrogen-bond acceptors (Lipinski definition) is 4. The first-order valence-corrected chi connectivity index (χ1v) is 10.3. The Hall–Kier alpha value is -3.02. The van der Waals surface area contributed by atoms with E-state index in [1.165, 1.54) is 11.3 Å². The SMILES string of the molecule is CN(C(=O)c1csc(-c2cccc(Cl)c2)n1)C(c1ccccc1)c1ccccn1. The molecule has 0 saturated carbocycles. The number of halogens is 1. The Labute approximate surface area is 178 Å². The van der Waals surface area contributed by atoms with Gasteiger partial charge in [-0.05, 0) is 29.8 Å². The van der Waals surface area contributed by atoms with Gasteiger partial charge in [-0.3, -0.25) is 9.78 Å². The highest BCUT2D eigenvalue weighted by atomic mass is 35.5. The van der Waals surface area contributed by atoms with Crippen LogP contribution in [0.25, 0.3) is 10.6 Å². The summed E-state index contributed by atoms with van der Waals surface area (Å²) in [5.74, 6) is -0.158. The van der Waals surface area contributed by atoms with Crippen LogP contribution in [-0.4, -0.2) is 27.8 Å². The zero-order valence-electron chi connectivity index (χ0n) is 15.7. The third-order valence-corrected chi connectivity index (χ3v) is 5.71. The molecule has 6 heteroatoms. The molecular weight excluding hydrogens is 402 g/mol. The first kappa shape index (κ1) is 19.3. The molecule has 0 saturated heterocycles. The van der Waals surface area contributed by atoms with Crippen molar-refractivity contribution < 1.29 is 4.79 Å². The fourth-order valence-corrected chi connectivity index (χ4v) is 4.17. The highest BCUT2D eigenvalue weighted by molar-refractivity contribution is 7.13. The van der Waals surface area contributed by atoms with Gasteiger partial charge in [0.25, 0.3) is 5.91 Å². The van der Waals surface area contributed by atoms with E-state index in [1.54, 1.807) is 23.5 Å². The third kappa shape index (κ3) is 4.21. The minimum absolute atomic E-state index is 0.158. The molecule has 2 aromatic heterocycles. The van der Waals surface area contributed by atoms with Gasteiger partial charge < -0.3 is 4.90 Å². The summed E-state index contributed by atoms with van der Waals surface area (Å²) in [7, 11) is 1.78. The molecule has 4 nitrogen and oxygen atoms in total. The standard InChI is InChI=1S/C23H18ClN3OS/c1-27(21(16-8-3-2-4-9-16)19-12-5-6-13-25-19)23(28)20-15-29-22(26-20)17-10-7-11-18(24)14-17/h2-15,21H,1H3. The van der Waals surface area contributed by atoms with Crippen LogP contribution in [0.3, 0.4) is 0 Å². The number of carbonyl (C=O) groups excluding carboxylic acids is 1. The number of rotatable bonds is 5. The van der Waals surface area contributed by atoms with E-state index in [9.17, 15) is 4.79 Å². The van der Waals surface area contributed by atoms with Crippen LogP contribution in [0.4, 0.5) is 0 Å². The lowest BCUT2D eigenvalue weighted by atomic mass is 10.0. The number of nitrogens with zero attached hydrogens (tertiary/aromatic N) is 3. The smallest absolute Gasteiger partial charge is 0.273 e. The van der Waals surface area contributed by atoms with Crippen molar-refractivity contribution in [3.05, 3.63) is 106 Å². The van der Waals surface area contributed by atoms with Crippen LogP contribution in [0.2, 0.25) is 5.02 Å². The Morgan fingerprint density at radius 2 is 1.83 bits per heavy atom. The quantitative estimate of drug-likeness (QED) is 0.415. The summed E-state index contributed by atoms with van der Waals surface area (Å²) in [6.45, 7) is 0. The molecular formula is C23H18ClN3OS. The third-order valence-electron chi connectivity index (χ3n) is 4.59. The second-order valence-electron chi connectivity index (χ2n) is 6.53. The lowest BCUT2D eigenvalue weighted by Crippen LogP contribution is -2.32. The van der Waals surface area contributed by atoms with E-state index in [-0.39, 0.29) is 11.9 Å². The maximum Gasteiger partial charge on any atom is 0.273 e. The van der Waals surface area contributed by atoms with E-state index >= 15 is 0 Å². The highest BCUT2D eigenvalue weighted by Crippen LogP contribution is 2.30. The number of hydrogen-bond donors (Lipinski definition) is 0. The van der Waals surface area contributed by atoms with E-state index in [4.69, 9.17) is 11.6 Å². The zero-order chi connectivity index (χ0) is 20.2. The minimum Gasteiger partial charge on any atom is -0.328 e. The van der Waals surface area contributed by atoms with Crippen molar-refractivity contribution in [1.82, 2.24) is 14.9 Å². The highest BCUT2D eigenvalue weighted by Gasteiger charge is 2.27. The molecule has 0 radical (unpaired) electrons. The van der Waals surface area contributed by atoms with E-state index in [1.807, 2.05) is 72.8 Å². The molecule has 2 heterocycles. The van der Waals surface area contributed by atoms with Crippen LogP contribution in [0.5, 0.6) is 0 Å². The van der Waals surface area contributed by atoms with Gasteiger partial charge in [0.2, 0.25) is 0 Å². The van der Waals surface area contributed by atoms with Gasteiger partial charge in [-0.25, -0.2) is 4.98 Å². The lowest BCUT2D eigenvalue weighted by molar-refractivity contribution is 0.0747. The fourth-order valence-electron chi connectivity index (χ4n) is 3.19. The van der Waals surface area contributed by atoms with Crippen LogP contribution in [0.15, 0.2) is 84.4 Å². The van der Waals surface area contributed by atoms with Gasteiger partial charge in [0.05, 0.1) is 11.7 Å². The van der Waals surface area contributed by atoms with Crippen molar-refractivity contribution in [3.63, 3.8) is 0 Å². The van der Waals surface area contributed by atoms with Gasteiger partial charge in [0.15, 0.2) is 0 Å². The molecule has 0 bridgehead atoms. The van der Waals surface area contributed by atoms with Gasteiger partial charge in [-0.1, -0.05) is 60.1 Å². The van der Waals surface area contributed by atoms with Crippen molar-refractivity contribution >= 4 is 28.8 Å². The second-order valence-corrected chi connectivity index (χ2v) is 7.83. The summed E-state index contributed by atoms with van der Waals surface area (Å²) in [5, 5.41) is 3.19. The summed E-state index contributed by atoms with van der Waals surface area (Å²) >= 11 is 7.51. The predicted octanol–water partition coefficient (Wildman–Crippen LogP) is 5.72. The maximum absolute atomic E-state index is 13.3. The Balaban J connectivity index is 1.66. The van der Waals surface area contributed by atoms with Crippen LogP contribution < -0.4 is 0 Å². The Morgan fingerprint density at radius 1 is 1.03 bits per heavy atom. The molecule has 144 valence electrons. The Kier molecular flexibility index (Phi) is 5.69. The molecule has 1 unspecified atom stereocenters. The molecule has 1 atom stereocenters.